The van der Waals surface area contributed by atoms with Crippen LogP contribution in [0.4, 0.5) is 19.0 Å². The molecule has 0 unspecified atom stereocenters. The van der Waals surface area contributed by atoms with Crippen molar-refractivity contribution < 1.29 is 13.2 Å². The van der Waals surface area contributed by atoms with E-state index in [0.717, 1.165) is 6.07 Å². The first-order chi connectivity index (χ1) is 8.52. The van der Waals surface area contributed by atoms with Gasteiger partial charge in [-0.3, -0.25) is 0 Å². The fourth-order valence-corrected chi connectivity index (χ4v) is 1.49. The molecule has 0 radical (unpaired) electrons. The number of nitrogens with two attached hydrogens (primary N) is 1. The number of hydrogen-bond donors (Lipinski definition) is 2. The summed E-state index contributed by atoms with van der Waals surface area (Å²) in [5, 5.41) is 0. The quantitative estimate of drug-likeness (QED) is 0.638. The van der Waals surface area contributed by atoms with E-state index in [0.29, 0.717) is 0 Å². The fraction of sp³-hybridized carbons (Fsp3) is 0.0909. The van der Waals surface area contributed by atoms with Gasteiger partial charge in [0.05, 0.1) is 5.56 Å². The Morgan fingerprint density at radius 3 is 2.50 bits per heavy atom. The van der Waals surface area contributed by atoms with Crippen LogP contribution in [-0.2, 0) is 6.18 Å². The highest BCUT2D eigenvalue weighted by atomic mass is 19.4. The number of aromatic nitrogens is 2. The van der Waals surface area contributed by atoms with E-state index >= 15 is 0 Å². The summed E-state index contributed by atoms with van der Waals surface area (Å²) < 4.78 is 38.5. The SMILES string of the molecule is NNc1ccnc(-c2ccccc2C(F)(F)F)n1. The molecule has 7 heteroatoms. The highest BCUT2D eigenvalue weighted by Gasteiger charge is 2.33. The second-order valence-electron chi connectivity index (χ2n) is 3.45. The summed E-state index contributed by atoms with van der Waals surface area (Å²) in [5.41, 5.74) is 1.40. The van der Waals surface area contributed by atoms with Crippen molar-refractivity contribution in [1.82, 2.24) is 9.97 Å². The standard InChI is InChI=1S/C11H9F3N4/c12-11(13,14)8-4-2-1-3-7(8)10-16-6-5-9(17-10)18-15/h1-6H,15H2,(H,16,17,18). The van der Waals surface area contributed by atoms with Crippen LogP contribution >= 0.6 is 0 Å². The molecule has 2 aromatic rings. The van der Waals surface area contributed by atoms with Gasteiger partial charge in [0, 0.05) is 17.8 Å². The minimum absolute atomic E-state index is 0.0293. The Balaban J connectivity index is 2.57. The van der Waals surface area contributed by atoms with E-state index in [2.05, 4.69) is 15.4 Å². The number of nitrogens with one attached hydrogen (secondary N) is 1. The van der Waals surface area contributed by atoms with Crippen molar-refractivity contribution >= 4 is 5.82 Å². The van der Waals surface area contributed by atoms with Crippen LogP contribution < -0.4 is 11.3 Å². The van der Waals surface area contributed by atoms with Crippen LogP contribution in [0.3, 0.4) is 0 Å². The lowest BCUT2D eigenvalue weighted by molar-refractivity contribution is -0.137. The Kier molecular flexibility index (Phi) is 3.15. The number of nitrogens with zero attached hydrogens (tertiary/aromatic N) is 2. The zero-order chi connectivity index (χ0) is 13.2. The fourth-order valence-electron chi connectivity index (χ4n) is 1.49. The molecule has 0 aliphatic heterocycles. The Morgan fingerprint density at radius 1 is 1.11 bits per heavy atom. The van der Waals surface area contributed by atoms with Gasteiger partial charge < -0.3 is 5.43 Å². The normalized spacial score (nSPS) is 11.3. The Labute approximate surface area is 101 Å². The van der Waals surface area contributed by atoms with E-state index in [-0.39, 0.29) is 17.2 Å². The summed E-state index contributed by atoms with van der Waals surface area (Å²) in [6.45, 7) is 0. The van der Waals surface area contributed by atoms with E-state index in [4.69, 9.17) is 5.84 Å². The molecule has 1 aromatic carbocycles. The molecule has 94 valence electrons. The zero-order valence-electron chi connectivity index (χ0n) is 9.07. The van der Waals surface area contributed by atoms with Crippen LogP contribution in [0, 0.1) is 0 Å². The van der Waals surface area contributed by atoms with Crippen molar-refractivity contribution in [3.05, 3.63) is 42.1 Å². The van der Waals surface area contributed by atoms with E-state index in [1.54, 1.807) is 0 Å². The molecular formula is C11H9F3N4. The third-order valence-electron chi connectivity index (χ3n) is 2.28. The lowest BCUT2D eigenvalue weighted by atomic mass is 10.1. The molecule has 0 bridgehead atoms. The number of halogens is 3. The molecule has 0 amide bonds. The van der Waals surface area contributed by atoms with E-state index in [1.165, 1.54) is 30.5 Å². The van der Waals surface area contributed by atoms with Gasteiger partial charge in [-0.15, -0.1) is 0 Å². The molecular weight excluding hydrogens is 245 g/mol. The first kappa shape index (κ1) is 12.3. The molecule has 18 heavy (non-hydrogen) atoms. The zero-order valence-corrected chi connectivity index (χ0v) is 9.07. The molecule has 0 fully saturated rings. The molecule has 0 atom stereocenters. The van der Waals surface area contributed by atoms with E-state index in [1.807, 2.05) is 0 Å². The second-order valence-corrected chi connectivity index (χ2v) is 3.45. The summed E-state index contributed by atoms with van der Waals surface area (Å²) in [5.74, 6) is 5.38. The van der Waals surface area contributed by atoms with Crippen molar-refractivity contribution in [3.63, 3.8) is 0 Å². The smallest absolute Gasteiger partial charge is 0.308 e. The Bertz CT molecular complexity index is 554. The van der Waals surface area contributed by atoms with Gasteiger partial charge in [-0.25, -0.2) is 15.8 Å². The second kappa shape index (κ2) is 4.61. The average molecular weight is 254 g/mol. The summed E-state index contributed by atoms with van der Waals surface area (Å²) in [4.78, 5) is 7.71. The van der Waals surface area contributed by atoms with E-state index < -0.39 is 11.7 Å². The topological polar surface area (TPSA) is 63.8 Å². The van der Waals surface area contributed by atoms with Gasteiger partial charge in [0.2, 0.25) is 0 Å². The van der Waals surface area contributed by atoms with Crippen LogP contribution in [-0.4, -0.2) is 9.97 Å². The molecule has 2 rings (SSSR count). The van der Waals surface area contributed by atoms with Crippen LogP contribution in [0.5, 0.6) is 0 Å². The number of hydrogen-bond acceptors (Lipinski definition) is 4. The summed E-state index contributed by atoms with van der Waals surface area (Å²) in [6.07, 6.45) is -3.11. The minimum Gasteiger partial charge on any atom is -0.308 e. The molecule has 1 heterocycles. The van der Waals surface area contributed by atoms with Gasteiger partial charge in [0.15, 0.2) is 5.82 Å². The highest BCUT2D eigenvalue weighted by molar-refractivity contribution is 5.62. The van der Waals surface area contributed by atoms with Crippen LogP contribution in [0.1, 0.15) is 5.56 Å². The molecule has 0 saturated heterocycles. The first-order valence-electron chi connectivity index (χ1n) is 4.98. The number of rotatable bonds is 2. The molecule has 0 aliphatic carbocycles. The van der Waals surface area contributed by atoms with Crippen LogP contribution in [0.25, 0.3) is 11.4 Å². The number of nitrogen functional groups attached to an aromatic ring is 1. The molecule has 3 N–H and O–H groups in total. The highest BCUT2D eigenvalue weighted by Crippen LogP contribution is 2.35. The van der Waals surface area contributed by atoms with Crippen LogP contribution in [0.15, 0.2) is 36.5 Å². The van der Waals surface area contributed by atoms with Gasteiger partial charge in [-0.05, 0) is 6.07 Å². The predicted octanol–water partition coefficient (Wildman–Crippen LogP) is 2.45. The third kappa shape index (κ3) is 2.40. The number of benzene rings is 1. The van der Waals surface area contributed by atoms with Gasteiger partial charge in [-0.2, -0.15) is 13.2 Å². The van der Waals surface area contributed by atoms with Gasteiger partial charge in [-0.1, -0.05) is 18.2 Å². The lowest BCUT2D eigenvalue weighted by Gasteiger charge is -2.11. The maximum Gasteiger partial charge on any atom is 0.417 e. The molecule has 1 aromatic heterocycles. The maximum atomic E-state index is 12.8. The van der Waals surface area contributed by atoms with Crippen LogP contribution in [0.2, 0.25) is 0 Å². The summed E-state index contributed by atoms with van der Waals surface area (Å²) >= 11 is 0. The van der Waals surface area contributed by atoms with Crippen molar-refractivity contribution in [2.75, 3.05) is 5.43 Å². The molecule has 0 saturated carbocycles. The molecule has 0 spiro atoms. The minimum atomic E-state index is -4.45. The molecule has 0 aliphatic rings. The summed E-state index contributed by atoms with van der Waals surface area (Å²) in [6, 6.07) is 6.58. The van der Waals surface area contributed by atoms with Gasteiger partial charge >= 0.3 is 6.18 Å². The largest absolute Gasteiger partial charge is 0.417 e. The number of anilines is 1. The van der Waals surface area contributed by atoms with Crippen molar-refractivity contribution in [3.8, 4) is 11.4 Å². The van der Waals surface area contributed by atoms with E-state index in [9.17, 15) is 13.2 Å². The first-order valence-corrected chi connectivity index (χ1v) is 4.98. The maximum absolute atomic E-state index is 12.8. The Hall–Kier alpha value is -2.15. The van der Waals surface area contributed by atoms with Crippen molar-refractivity contribution in [2.24, 2.45) is 5.84 Å². The predicted molar refractivity (Wildman–Crippen MR) is 60.3 cm³/mol. The average Bonchev–Trinajstić information content (AvgIpc) is 2.38. The van der Waals surface area contributed by atoms with Crippen molar-refractivity contribution in [1.29, 1.82) is 0 Å². The molecule has 4 nitrogen and oxygen atoms in total. The number of hydrazine groups is 1. The third-order valence-corrected chi connectivity index (χ3v) is 2.28. The lowest BCUT2D eigenvalue weighted by Crippen LogP contribution is -2.11. The summed E-state index contributed by atoms with van der Waals surface area (Å²) in [7, 11) is 0. The monoisotopic (exact) mass is 254 g/mol. The van der Waals surface area contributed by atoms with Gasteiger partial charge in [0.25, 0.3) is 0 Å². The Morgan fingerprint density at radius 2 is 1.83 bits per heavy atom. The van der Waals surface area contributed by atoms with Gasteiger partial charge in [0.1, 0.15) is 5.82 Å². The van der Waals surface area contributed by atoms with Crippen molar-refractivity contribution in [2.45, 2.75) is 6.18 Å². The number of alkyl halides is 3.